The Kier molecular flexibility index (Phi) is 7.19. The number of nitrogens with zero attached hydrogens (tertiary/aromatic N) is 2. The van der Waals surface area contributed by atoms with Gasteiger partial charge in [0.2, 0.25) is 11.8 Å². The number of oxazole rings is 2. The van der Waals surface area contributed by atoms with E-state index in [4.69, 9.17) is 18.8 Å². The molecule has 0 radical (unpaired) electrons. The maximum atomic E-state index is 6.13. The van der Waals surface area contributed by atoms with E-state index in [1.54, 1.807) is 0 Å². The normalized spacial score (nSPS) is 13.0. The average Bonchev–Trinajstić information content (AvgIpc) is 4.10. The molecular formula is C57H34N2O2. The van der Waals surface area contributed by atoms with Crippen molar-refractivity contribution in [1.29, 1.82) is 0 Å². The van der Waals surface area contributed by atoms with Crippen LogP contribution in [0.25, 0.3) is 101 Å². The lowest BCUT2D eigenvalue weighted by molar-refractivity contribution is 0.619. The molecule has 2 heterocycles. The lowest BCUT2D eigenvalue weighted by Crippen LogP contribution is -2.25. The van der Waals surface area contributed by atoms with Gasteiger partial charge in [0.15, 0.2) is 11.2 Å². The van der Waals surface area contributed by atoms with Crippen LogP contribution in [0.5, 0.6) is 0 Å². The molecule has 0 N–H and O–H groups in total. The second-order valence-electron chi connectivity index (χ2n) is 16.1. The predicted octanol–water partition coefficient (Wildman–Crippen LogP) is 14.6. The van der Waals surface area contributed by atoms with Gasteiger partial charge in [-0.15, -0.1) is 0 Å². The first-order valence-corrected chi connectivity index (χ1v) is 20.7. The van der Waals surface area contributed by atoms with Crippen LogP contribution in [0.1, 0.15) is 22.3 Å². The van der Waals surface area contributed by atoms with E-state index in [1.807, 2.05) is 48.5 Å². The van der Waals surface area contributed by atoms with Gasteiger partial charge < -0.3 is 8.83 Å². The Hall–Kier alpha value is -8.08. The first-order valence-electron chi connectivity index (χ1n) is 20.7. The molecule has 61 heavy (non-hydrogen) atoms. The largest absolute Gasteiger partial charge is 0.436 e. The quantitative estimate of drug-likeness (QED) is 0.175. The standard InChI is InChI=1S/C57H34N2O2/c1-4-14-47-43(11-1)44-12-2-5-15-48(44)57(47)49-16-6-3-13-45(49)46-30-29-39(34-50(46)57)42-32-40(35-21-25-37(26-22-35)55-58-51-17-7-9-19-53(51)60-55)31-41(33-42)36-23-27-38(28-24-36)56-59-52-18-8-10-20-54(52)61-56/h1-34H. The Morgan fingerprint density at radius 2 is 0.639 bits per heavy atom. The molecule has 2 aromatic heterocycles. The Labute approximate surface area is 352 Å². The fourth-order valence-electron chi connectivity index (χ4n) is 10.0. The summed E-state index contributed by atoms with van der Waals surface area (Å²) in [6.45, 7) is 0. The van der Waals surface area contributed by atoms with E-state index in [0.29, 0.717) is 11.8 Å². The number of aromatic nitrogens is 2. The third kappa shape index (κ3) is 5.06. The van der Waals surface area contributed by atoms with Gasteiger partial charge in [-0.2, -0.15) is 0 Å². The van der Waals surface area contributed by atoms with Crippen LogP contribution in [0.4, 0.5) is 0 Å². The summed E-state index contributed by atoms with van der Waals surface area (Å²) < 4.78 is 12.3. The van der Waals surface area contributed by atoms with Crippen LogP contribution in [0.15, 0.2) is 215 Å². The molecule has 0 amide bonds. The van der Waals surface area contributed by atoms with Gasteiger partial charge in [-0.25, -0.2) is 9.97 Å². The van der Waals surface area contributed by atoms with Crippen LogP contribution in [0.2, 0.25) is 0 Å². The highest BCUT2D eigenvalue weighted by Gasteiger charge is 2.51. The van der Waals surface area contributed by atoms with Gasteiger partial charge in [-0.05, 0) is 151 Å². The maximum Gasteiger partial charge on any atom is 0.227 e. The van der Waals surface area contributed by atoms with E-state index in [9.17, 15) is 0 Å². The van der Waals surface area contributed by atoms with Crippen LogP contribution < -0.4 is 0 Å². The van der Waals surface area contributed by atoms with E-state index in [2.05, 4.69) is 158 Å². The summed E-state index contributed by atoms with van der Waals surface area (Å²) in [6.07, 6.45) is 0. The third-order valence-electron chi connectivity index (χ3n) is 12.8. The molecule has 0 atom stereocenters. The third-order valence-corrected chi connectivity index (χ3v) is 12.8. The Bertz CT molecular complexity index is 3270. The van der Waals surface area contributed by atoms with E-state index in [1.165, 1.54) is 50.1 Å². The van der Waals surface area contributed by atoms with E-state index >= 15 is 0 Å². The number of rotatable bonds is 5. The van der Waals surface area contributed by atoms with Crippen molar-refractivity contribution in [3.05, 3.63) is 229 Å². The highest BCUT2D eigenvalue weighted by molar-refractivity contribution is 5.96. The fraction of sp³-hybridized carbons (Fsp3) is 0.0175. The summed E-state index contributed by atoms with van der Waals surface area (Å²) in [5, 5.41) is 0. The topological polar surface area (TPSA) is 52.1 Å². The monoisotopic (exact) mass is 778 g/mol. The molecule has 4 heteroatoms. The van der Waals surface area contributed by atoms with Crippen LogP contribution in [-0.2, 0) is 5.41 Å². The minimum Gasteiger partial charge on any atom is -0.436 e. The molecule has 2 aliphatic carbocycles. The summed E-state index contributed by atoms with van der Waals surface area (Å²) in [5.41, 5.74) is 22.0. The van der Waals surface area contributed by atoms with Crippen LogP contribution in [0.3, 0.4) is 0 Å². The SMILES string of the molecule is c1ccc2c(c1)-c1ccccc1C21c2ccccc2-c2ccc(-c3cc(-c4ccc(-c5nc6ccccc6o5)cc4)cc(-c4ccc(-c5nc6ccccc6o5)cc4)c3)cc21. The zero-order valence-electron chi connectivity index (χ0n) is 32.8. The average molecular weight is 779 g/mol. The molecule has 4 nitrogen and oxygen atoms in total. The first kappa shape index (κ1) is 33.8. The number of benzene rings is 9. The minimum absolute atomic E-state index is 0.420. The van der Waals surface area contributed by atoms with E-state index in [0.717, 1.165) is 61.1 Å². The Balaban J connectivity index is 0.972. The number of fused-ring (bicyclic) bond motifs is 12. The molecule has 9 aromatic carbocycles. The highest BCUT2D eigenvalue weighted by atomic mass is 16.4. The van der Waals surface area contributed by atoms with Crippen molar-refractivity contribution in [2.45, 2.75) is 5.41 Å². The zero-order chi connectivity index (χ0) is 40.1. The lowest BCUT2D eigenvalue weighted by atomic mass is 9.70. The van der Waals surface area contributed by atoms with Gasteiger partial charge in [0.25, 0.3) is 0 Å². The maximum absolute atomic E-state index is 6.13. The van der Waals surface area contributed by atoms with Crippen molar-refractivity contribution < 1.29 is 8.83 Å². The van der Waals surface area contributed by atoms with E-state index in [-0.39, 0.29) is 0 Å². The van der Waals surface area contributed by atoms with Crippen molar-refractivity contribution in [3.8, 4) is 78.5 Å². The molecule has 0 aliphatic heterocycles. The van der Waals surface area contributed by atoms with Crippen molar-refractivity contribution in [3.63, 3.8) is 0 Å². The number of para-hydroxylation sites is 4. The Morgan fingerprint density at radius 1 is 0.279 bits per heavy atom. The highest BCUT2D eigenvalue weighted by Crippen LogP contribution is 2.63. The van der Waals surface area contributed by atoms with Gasteiger partial charge in [0.05, 0.1) is 5.41 Å². The van der Waals surface area contributed by atoms with Crippen molar-refractivity contribution >= 4 is 22.2 Å². The molecule has 284 valence electrons. The second-order valence-corrected chi connectivity index (χ2v) is 16.1. The molecule has 2 aliphatic rings. The molecule has 0 unspecified atom stereocenters. The second kappa shape index (κ2) is 13.0. The lowest BCUT2D eigenvalue weighted by Gasteiger charge is -2.30. The molecule has 0 fully saturated rings. The Morgan fingerprint density at radius 3 is 1.10 bits per heavy atom. The summed E-state index contributed by atoms with van der Waals surface area (Å²) in [6, 6.07) is 73.9. The molecule has 0 saturated carbocycles. The molecule has 0 saturated heterocycles. The molecule has 11 aromatic rings. The first-order chi connectivity index (χ1) is 30.2. The van der Waals surface area contributed by atoms with Crippen molar-refractivity contribution in [2.24, 2.45) is 0 Å². The molecule has 13 rings (SSSR count). The smallest absolute Gasteiger partial charge is 0.227 e. The van der Waals surface area contributed by atoms with Crippen LogP contribution in [0, 0.1) is 0 Å². The molecule has 1 spiro atoms. The van der Waals surface area contributed by atoms with Crippen molar-refractivity contribution in [1.82, 2.24) is 9.97 Å². The molecular weight excluding hydrogens is 745 g/mol. The van der Waals surface area contributed by atoms with Crippen LogP contribution >= 0.6 is 0 Å². The molecule has 0 bridgehead atoms. The van der Waals surface area contributed by atoms with Crippen LogP contribution in [-0.4, -0.2) is 9.97 Å². The fourth-order valence-corrected chi connectivity index (χ4v) is 10.0. The van der Waals surface area contributed by atoms with Crippen molar-refractivity contribution in [2.75, 3.05) is 0 Å². The zero-order valence-corrected chi connectivity index (χ0v) is 32.8. The van der Waals surface area contributed by atoms with Gasteiger partial charge >= 0.3 is 0 Å². The van der Waals surface area contributed by atoms with Gasteiger partial charge in [0.1, 0.15) is 11.0 Å². The predicted molar refractivity (Wildman–Crippen MR) is 245 cm³/mol. The summed E-state index contributed by atoms with van der Waals surface area (Å²) >= 11 is 0. The summed E-state index contributed by atoms with van der Waals surface area (Å²) in [4.78, 5) is 9.52. The number of hydrogen-bond donors (Lipinski definition) is 0. The minimum atomic E-state index is -0.420. The summed E-state index contributed by atoms with van der Waals surface area (Å²) in [5.74, 6) is 1.23. The van der Waals surface area contributed by atoms with Gasteiger partial charge in [-0.1, -0.05) is 133 Å². The van der Waals surface area contributed by atoms with Gasteiger partial charge in [0, 0.05) is 11.1 Å². The summed E-state index contributed by atoms with van der Waals surface area (Å²) in [7, 11) is 0. The van der Waals surface area contributed by atoms with Gasteiger partial charge in [-0.3, -0.25) is 0 Å². The number of hydrogen-bond acceptors (Lipinski definition) is 4. The van der Waals surface area contributed by atoms with E-state index < -0.39 is 5.41 Å².